The van der Waals surface area contributed by atoms with Crippen LogP contribution in [0.3, 0.4) is 0 Å². The monoisotopic (exact) mass is 644 g/mol. The lowest BCUT2D eigenvalue weighted by Crippen LogP contribution is -2.45. The van der Waals surface area contributed by atoms with Crippen molar-refractivity contribution in [1.82, 2.24) is 29.5 Å². The van der Waals surface area contributed by atoms with E-state index in [1.807, 2.05) is 27.8 Å². The topological polar surface area (TPSA) is 128 Å². The second kappa shape index (κ2) is 10.9. The summed E-state index contributed by atoms with van der Waals surface area (Å²) in [5.74, 6) is 0.946. The van der Waals surface area contributed by atoms with E-state index in [0.717, 1.165) is 39.8 Å². The van der Waals surface area contributed by atoms with Gasteiger partial charge in [0, 0.05) is 48.9 Å². The highest BCUT2D eigenvalue weighted by molar-refractivity contribution is 9.10. The Kier molecular flexibility index (Phi) is 7.09. The summed E-state index contributed by atoms with van der Waals surface area (Å²) in [7, 11) is 0. The Hall–Kier alpha value is -3.96. The molecule has 4 aromatic rings. The van der Waals surface area contributed by atoms with Gasteiger partial charge >= 0.3 is 0 Å². The molecule has 43 heavy (non-hydrogen) atoms. The van der Waals surface area contributed by atoms with Gasteiger partial charge in [0.05, 0.1) is 35.1 Å². The van der Waals surface area contributed by atoms with Gasteiger partial charge in [-0.05, 0) is 70.6 Å². The van der Waals surface area contributed by atoms with Crippen LogP contribution in [-0.4, -0.2) is 77.8 Å². The van der Waals surface area contributed by atoms with E-state index in [2.05, 4.69) is 38.5 Å². The number of nitrogens with zero attached hydrogens (tertiary/aromatic N) is 5. The van der Waals surface area contributed by atoms with Crippen LogP contribution >= 0.6 is 15.9 Å². The molecule has 11 heteroatoms. The van der Waals surface area contributed by atoms with Gasteiger partial charge in [-0.1, -0.05) is 19.1 Å². The van der Waals surface area contributed by atoms with E-state index < -0.39 is 6.04 Å². The van der Waals surface area contributed by atoms with E-state index in [1.165, 1.54) is 12.5 Å². The van der Waals surface area contributed by atoms with Gasteiger partial charge in [0.2, 0.25) is 5.91 Å². The number of carbonyl (C=O) groups is 2. The molecular formula is C32H33BrN6O4. The van der Waals surface area contributed by atoms with Crippen molar-refractivity contribution in [2.24, 2.45) is 0 Å². The summed E-state index contributed by atoms with van der Waals surface area (Å²) in [5, 5.41) is 25.6. The Morgan fingerprint density at radius 1 is 1.16 bits per heavy atom. The molecular weight excluding hydrogens is 612 g/mol. The van der Waals surface area contributed by atoms with E-state index in [-0.39, 0.29) is 24.2 Å². The lowest BCUT2D eigenvalue weighted by atomic mass is 9.80. The van der Waals surface area contributed by atoms with Gasteiger partial charge in [-0.3, -0.25) is 9.59 Å². The fourth-order valence-corrected chi connectivity index (χ4v) is 7.17. The number of aliphatic hydroxyl groups is 1. The molecule has 3 N–H and O–H groups in total. The number of amides is 2. The van der Waals surface area contributed by atoms with Crippen molar-refractivity contribution in [3.63, 3.8) is 0 Å². The number of hydrogen-bond acceptors (Lipinski definition) is 6. The molecule has 4 heterocycles. The summed E-state index contributed by atoms with van der Waals surface area (Å²) in [6.07, 6.45) is 6.26. The maximum atomic E-state index is 14.4. The molecule has 2 amide bonds. The van der Waals surface area contributed by atoms with E-state index in [9.17, 15) is 19.8 Å². The molecule has 0 saturated heterocycles. The van der Waals surface area contributed by atoms with E-state index in [4.69, 9.17) is 5.10 Å². The summed E-state index contributed by atoms with van der Waals surface area (Å²) in [4.78, 5) is 38.6. The molecule has 0 unspecified atom stereocenters. The molecule has 222 valence electrons. The Balaban J connectivity index is 1.31. The van der Waals surface area contributed by atoms with Crippen molar-refractivity contribution in [3.05, 3.63) is 81.4 Å². The van der Waals surface area contributed by atoms with Crippen LogP contribution in [0.15, 0.2) is 47.5 Å². The van der Waals surface area contributed by atoms with Crippen LogP contribution in [0.1, 0.15) is 69.9 Å². The van der Waals surface area contributed by atoms with Crippen LogP contribution in [0.25, 0.3) is 16.7 Å². The molecule has 3 aliphatic rings. The van der Waals surface area contributed by atoms with Crippen LogP contribution in [0.2, 0.25) is 0 Å². The van der Waals surface area contributed by atoms with Crippen LogP contribution in [0.4, 0.5) is 0 Å². The molecule has 1 atom stereocenters. The first kappa shape index (κ1) is 27.8. The Bertz CT molecular complexity index is 1770. The van der Waals surface area contributed by atoms with E-state index in [0.29, 0.717) is 72.9 Å². The number of phenolic OH excluding ortho intramolecular Hbond substituents is 1. The minimum atomic E-state index is -0.429. The number of H-pyrrole nitrogens is 1. The highest BCUT2D eigenvalue weighted by Crippen LogP contribution is 2.42. The second-order valence-corrected chi connectivity index (χ2v) is 12.4. The Morgan fingerprint density at radius 3 is 2.72 bits per heavy atom. The predicted molar refractivity (Wildman–Crippen MR) is 164 cm³/mol. The minimum Gasteiger partial charge on any atom is -0.506 e. The number of hydrogen-bond donors (Lipinski definition) is 3. The van der Waals surface area contributed by atoms with Gasteiger partial charge in [-0.15, -0.1) is 0 Å². The van der Waals surface area contributed by atoms with Crippen LogP contribution in [-0.2, 0) is 24.1 Å². The van der Waals surface area contributed by atoms with Gasteiger partial charge in [-0.25, -0.2) is 9.67 Å². The zero-order valence-electron chi connectivity index (χ0n) is 23.7. The standard InChI is InChI=1S/C32H33BrN6O4/c1-2-28(42)37-13-10-22-29-24(39(36-22)23-9-6-19(16-26(23)41)18-4-3-5-18)11-14-38(25(29)17-37)32(43)20-7-8-21(33)31-30(20)34-27(35-31)12-15-40/h2,6-9,16,18,25,40-41H,1,3-5,10-15,17H2,(H,34,35)/t25-/m0/s1. The lowest BCUT2D eigenvalue weighted by molar-refractivity contribution is -0.126. The van der Waals surface area contributed by atoms with Gasteiger partial charge in [0.1, 0.15) is 22.8 Å². The number of halogens is 1. The summed E-state index contributed by atoms with van der Waals surface area (Å²) in [6, 6.07) is 9.07. The number of imidazole rings is 1. The zero-order valence-corrected chi connectivity index (χ0v) is 25.3. The highest BCUT2D eigenvalue weighted by Gasteiger charge is 2.40. The summed E-state index contributed by atoms with van der Waals surface area (Å²) < 4.78 is 2.60. The molecule has 2 aromatic heterocycles. The van der Waals surface area contributed by atoms with Crippen LogP contribution in [0.5, 0.6) is 5.75 Å². The first-order valence-corrected chi connectivity index (χ1v) is 15.6. The molecule has 7 rings (SSSR count). The molecule has 1 fully saturated rings. The van der Waals surface area contributed by atoms with Crippen LogP contribution in [0, 0.1) is 0 Å². The molecule has 1 aliphatic carbocycles. The number of aromatic hydroxyl groups is 1. The van der Waals surface area contributed by atoms with Gasteiger partial charge in [0.25, 0.3) is 5.91 Å². The maximum Gasteiger partial charge on any atom is 0.256 e. The highest BCUT2D eigenvalue weighted by atomic mass is 79.9. The molecule has 1 saturated carbocycles. The number of rotatable bonds is 6. The molecule has 10 nitrogen and oxygen atoms in total. The number of aliphatic hydroxyl groups excluding tert-OH is 1. The molecule has 2 aliphatic heterocycles. The minimum absolute atomic E-state index is 0.0590. The maximum absolute atomic E-state index is 14.4. The third-order valence-corrected chi connectivity index (χ3v) is 9.82. The molecule has 0 bridgehead atoms. The number of benzene rings is 2. The Morgan fingerprint density at radius 2 is 2.00 bits per heavy atom. The van der Waals surface area contributed by atoms with E-state index >= 15 is 0 Å². The SMILES string of the molecule is C=CC(=O)N1CCc2nn(-c3ccc(C4CCC4)cc3O)c3c2[C@H](C1)N(C(=O)c1ccc(Br)c2nc(CCO)[nH]c12)CC3. The van der Waals surface area contributed by atoms with Crippen molar-refractivity contribution in [2.75, 3.05) is 26.2 Å². The second-order valence-electron chi connectivity index (χ2n) is 11.6. The fourth-order valence-electron chi connectivity index (χ4n) is 6.75. The number of aromatic nitrogens is 4. The van der Waals surface area contributed by atoms with E-state index in [1.54, 1.807) is 11.0 Å². The molecule has 0 radical (unpaired) electrons. The third-order valence-electron chi connectivity index (χ3n) is 9.18. The van der Waals surface area contributed by atoms with Crippen molar-refractivity contribution in [2.45, 2.75) is 50.5 Å². The van der Waals surface area contributed by atoms with Crippen molar-refractivity contribution >= 4 is 38.8 Å². The predicted octanol–water partition coefficient (Wildman–Crippen LogP) is 4.33. The van der Waals surface area contributed by atoms with Crippen molar-refractivity contribution < 1.29 is 19.8 Å². The quantitative estimate of drug-likeness (QED) is 0.268. The molecule has 2 aromatic carbocycles. The van der Waals surface area contributed by atoms with Crippen molar-refractivity contribution in [1.29, 1.82) is 0 Å². The first-order chi connectivity index (χ1) is 20.9. The average molecular weight is 646 g/mol. The summed E-state index contributed by atoms with van der Waals surface area (Å²) in [6.45, 7) is 4.80. The summed E-state index contributed by atoms with van der Waals surface area (Å²) in [5.41, 5.74) is 6.22. The Labute approximate surface area is 257 Å². The van der Waals surface area contributed by atoms with Crippen LogP contribution < -0.4 is 0 Å². The zero-order chi connectivity index (χ0) is 29.8. The number of fused-ring (bicyclic) bond motifs is 1. The largest absolute Gasteiger partial charge is 0.506 e. The normalized spacial score (nSPS) is 18.3. The first-order valence-electron chi connectivity index (χ1n) is 14.8. The lowest BCUT2D eigenvalue weighted by Gasteiger charge is -2.38. The third kappa shape index (κ3) is 4.65. The smallest absolute Gasteiger partial charge is 0.256 e. The van der Waals surface area contributed by atoms with Gasteiger partial charge in [-0.2, -0.15) is 5.10 Å². The van der Waals surface area contributed by atoms with Crippen molar-refractivity contribution in [3.8, 4) is 11.4 Å². The number of phenols is 1. The summed E-state index contributed by atoms with van der Waals surface area (Å²) >= 11 is 3.54. The average Bonchev–Trinajstić information content (AvgIpc) is 3.50. The van der Waals surface area contributed by atoms with Gasteiger partial charge < -0.3 is 25.0 Å². The fraction of sp³-hybridized carbons (Fsp3) is 0.375. The number of aromatic amines is 1. The number of nitrogens with one attached hydrogen (secondary N) is 1. The molecule has 0 spiro atoms. The van der Waals surface area contributed by atoms with Gasteiger partial charge in [0.15, 0.2) is 0 Å². The number of carbonyl (C=O) groups excluding carboxylic acids is 2.